The van der Waals surface area contributed by atoms with E-state index >= 15 is 0 Å². The highest BCUT2D eigenvalue weighted by Gasteiger charge is 2.19. The number of H-pyrrole nitrogens is 1. The fourth-order valence-corrected chi connectivity index (χ4v) is 2.32. The number of nitrogens with one attached hydrogen (secondary N) is 2. The molecule has 0 aliphatic rings. The molecule has 1 amide bonds. The lowest BCUT2D eigenvalue weighted by molar-refractivity contribution is -0.123. The predicted octanol–water partition coefficient (Wildman–Crippen LogP) is 2.19. The molecule has 7 heteroatoms. The number of ether oxygens (including phenoxy) is 1. The number of nitrogens with zero attached hydrogens (tertiary/aromatic N) is 2. The van der Waals surface area contributed by atoms with Crippen LogP contribution in [0.15, 0.2) is 12.1 Å². The number of carbonyl (C=O) groups is 1. The van der Waals surface area contributed by atoms with Crippen molar-refractivity contribution in [2.75, 3.05) is 13.7 Å². The number of fused-ring (bicyclic) bond motifs is 1. The Morgan fingerprint density at radius 3 is 3.00 bits per heavy atom. The van der Waals surface area contributed by atoms with Crippen LogP contribution < -0.4 is 10.1 Å². The second-order valence-electron chi connectivity index (χ2n) is 4.49. The summed E-state index contributed by atoms with van der Waals surface area (Å²) in [6, 6.07) is 3.16. The Balaban J connectivity index is 2.44. The average Bonchev–Trinajstić information content (AvgIpc) is 2.78. The predicted molar refractivity (Wildman–Crippen MR) is 79.5 cm³/mol. The summed E-state index contributed by atoms with van der Waals surface area (Å²) in [6.07, 6.45) is 0.893. The van der Waals surface area contributed by atoms with E-state index in [2.05, 4.69) is 15.3 Å². The van der Waals surface area contributed by atoms with E-state index < -0.39 is 6.04 Å². The molecule has 0 aromatic carbocycles. The number of imidazole rings is 1. The second kappa shape index (κ2) is 6.04. The van der Waals surface area contributed by atoms with Crippen molar-refractivity contribution in [1.29, 1.82) is 0 Å². The third kappa shape index (κ3) is 2.67. The van der Waals surface area contributed by atoms with Crippen molar-refractivity contribution in [2.24, 2.45) is 0 Å². The molecule has 0 saturated heterocycles. The van der Waals surface area contributed by atoms with Gasteiger partial charge < -0.3 is 15.0 Å². The Morgan fingerprint density at radius 2 is 2.35 bits per heavy atom. The molecule has 0 bridgehead atoms. The molecular weight excluding hydrogens is 276 g/mol. The first-order chi connectivity index (χ1) is 9.58. The fraction of sp³-hybridized carbons (Fsp3) is 0.462. The van der Waals surface area contributed by atoms with Gasteiger partial charge in [-0.3, -0.25) is 9.36 Å². The van der Waals surface area contributed by atoms with E-state index in [0.717, 1.165) is 11.9 Å². The Labute approximate surface area is 122 Å². The van der Waals surface area contributed by atoms with Gasteiger partial charge in [0.15, 0.2) is 10.4 Å². The van der Waals surface area contributed by atoms with E-state index in [0.29, 0.717) is 22.8 Å². The van der Waals surface area contributed by atoms with Crippen LogP contribution >= 0.6 is 12.2 Å². The van der Waals surface area contributed by atoms with Gasteiger partial charge in [-0.2, -0.15) is 4.98 Å². The molecule has 6 nitrogen and oxygen atoms in total. The number of methoxy groups -OCH3 is 1. The summed E-state index contributed by atoms with van der Waals surface area (Å²) in [7, 11) is 1.55. The van der Waals surface area contributed by atoms with Gasteiger partial charge in [0.05, 0.1) is 12.6 Å². The zero-order valence-electron chi connectivity index (χ0n) is 11.8. The SMILES string of the molecule is CCCNC(=O)C(C)n1c(=S)[nH]c2ccc(OC)nc21. The van der Waals surface area contributed by atoms with Crippen molar-refractivity contribution in [3.05, 3.63) is 16.9 Å². The van der Waals surface area contributed by atoms with Crippen LogP contribution in [0.2, 0.25) is 0 Å². The minimum absolute atomic E-state index is 0.0755. The van der Waals surface area contributed by atoms with Gasteiger partial charge in [-0.05, 0) is 31.6 Å². The monoisotopic (exact) mass is 294 g/mol. The zero-order valence-corrected chi connectivity index (χ0v) is 12.6. The number of carbonyl (C=O) groups excluding carboxylic acids is 1. The number of amides is 1. The second-order valence-corrected chi connectivity index (χ2v) is 4.88. The van der Waals surface area contributed by atoms with E-state index in [1.807, 2.05) is 13.0 Å². The molecule has 2 aromatic heterocycles. The Morgan fingerprint density at radius 1 is 1.60 bits per heavy atom. The normalized spacial score (nSPS) is 12.3. The average molecular weight is 294 g/mol. The molecular formula is C13H18N4O2S. The highest BCUT2D eigenvalue weighted by molar-refractivity contribution is 7.71. The molecule has 1 unspecified atom stereocenters. The van der Waals surface area contributed by atoms with Crippen molar-refractivity contribution in [1.82, 2.24) is 19.9 Å². The summed E-state index contributed by atoms with van der Waals surface area (Å²) < 4.78 is 7.30. The topological polar surface area (TPSA) is 71.9 Å². The number of aromatic amines is 1. The molecule has 0 radical (unpaired) electrons. The van der Waals surface area contributed by atoms with Gasteiger partial charge in [-0.15, -0.1) is 0 Å². The van der Waals surface area contributed by atoms with Gasteiger partial charge >= 0.3 is 0 Å². The minimum Gasteiger partial charge on any atom is -0.481 e. The van der Waals surface area contributed by atoms with E-state index in [1.54, 1.807) is 24.7 Å². The lowest BCUT2D eigenvalue weighted by Crippen LogP contribution is -2.31. The lowest BCUT2D eigenvalue weighted by Gasteiger charge is -2.14. The van der Waals surface area contributed by atoms with Crippen LogP contribution in [0.3, 0.4) is 0 Å². The molecule has 0 saturated carbocycles. The van der Waals surface area contributed by atoms with Crippen LogP contribution in [0.4, 0.5) is 0 Å². The fourth-order valence-electron chi connectivity index (χ4n) is 1.97. The zero-order chi connectivity index (χ0) is 14.7. The maximum atomic E-state index is 12.1. The molecule has 0 spiro atoms. The summed E-state index contributed by atoms with van der Waals surface area (Å²) in [6.45, 7) is 4.46. The van der Waals surface area contributed by atoms with E-state index in [1.165, 1.54) is 0 Å². The van der Waals surface area contributed by atoms with Crippen molar-refractivity contribution in [3.8, 4) is 5.88 Å². The van der Waals surface area contributed by atoms with Crippen molar-refractivity contribution in [3.63, 3.8) is 0 Å². The number of pyridine rings is 1. The number of hydrogen-bond donors (Lipinski definition) is 2. The summed E-state index contributed by atoms with van der Waals surface area (Å²) in [5.41, 5.74) is 1.40. The van der Waals surface area contributed by atoms with Crippen LogP contribution in [-0.4, -0.2) is 34.1 Å². The molecule has 20 heavy (non-hydrogen) atoms. The van der Waals surface area contributed by atoms with Crippen LogP contribution in [0.25, 0.3) is 11.2 Å². The maximum absolute atomic E-state index is 12.1. The number of aromatic nitrogens is 3. The molecule has 1 atom stereocenters. The molecule has 2 heterocycles. The molecule has 2 rings (SSSR count). The van der Waals surface area contributed by atoms with E-state index in [9.17, 15) is 4.79 Å². The van der Waals surface area contributed by atoms with E-state index in [-0.39, 0.29) is 5.91 Å². The van der Waals surface area contributed by atoms with Crippen LogP contribution in [-0.2, 0) is 4.79 Å². The van der Waals surface area contributed by atoms with Gasteiger partial charge in [0.2, 0.25) is 11.8 Å². The smallest absolute Gasteiger partial charge is 0.242 e. The highest BCUT2D eigenvalue weighted by Crippen LogP contribution is 2.20. The summed E-state index contributed by atoms with van der Waals surface area (Å²) in [5.74, 6) is 0.412. The van der Waals surface area contributed by atoms with E-state index in [4.69, 9.17) is 17.0 Å². The third-order valence-electron chi connectivity index (χ3n) is 3.06. The first-order valence-electron chi connectivity index (χ1n) is 6.51. The Bertz CT molecular complexity index is 677. The minimum atomic E-state index is -0.428. The van der Waals surface area contributed by atoms with Gasteiger partial charge in [0, 0.05) is 12.6 Å². The summed E-state index contributed by atoms with van der Waals surface area (Å²) >= 11 is 5.29. The first kappa shape index (κ1) is 14.5. The quantitative estimate of drug-likeness (QED) is 0.829. The highest BCUT2D eigenvalue weighted by atomic mass is 32.1. The van der Waals surface area contributed by atoms with Crippen molar-refractivity contribution in [2.45, 2.75) is 26.3 Å². The molecule has 2 aromatic rings. The molecule has 0 aliphatic carbocycles. The Kier molecular flexibility index (Phi) is 4.39. The van der Waals surface area contributed by atoms with Crippen molar-refractivity contribution < 1.29 is 9.53 Å². The van der Waals surface area contributed by atoms with Crippen LogP contribution in [0, 0.1) is 4.77 Å². The van der Waals surface area contributed by atoms with Gasteiger partial charge in [-0.25, -0.2) is 0 Å². The molecule has 108 valence electrons. The third-order valence-corrected chi connectivity index (χ3v) is 3.36. The summed E-state index contributed by atoms with van der Waals surface area (Å²) in [5, 5.41) is 2.86. The standard InChI is InChI=1S/C13H18N4O2S/c1-4-7-14-12(18)8(2)17-11-9(15-13(17)20)5-6-10(16-11)19-3/h5-6,8H,4,7H2,1-3H3,(H,14,18)(H,15,20). The lowest BCUT2D eigenvalue weighted by atomic mass is 10.3. The number of rotatable bonds is 5. The van der Waals surface area contributed by atoms with Gasteiger partial charge in [-0.1, -0.05) is 6.92 Å². The molecule has 2 N–H and O–H groups in total. The van der Waals surface area contributed by atoms with Gasteiger partial charge in [0.1, 0.15) is 6.04 Å². The molecule has 0 aliphatic heterocycles. The van der Waals surface area contributed by atoms with Gasteiger partial charge in [0.25, 0.3) is 0 Å². The van der Waals surface area contributed by atoms with Crippen molar-refractivity contribution >= 4 is 29.3 Å². The van der Waals surface area contributed by atoms with Crippen LogP contribution in [0.5, 0.6) is 5.88 Å². The largest absolute Gasteiger partial charge is 0.481 e. The molecule has 0 fully saturated rings. The number of hydrogen-bond acceptors (Lipinski definition) is 4. The maximum Gasteiger partial charge on any atom is 0.242 e. The summed E-state index contributed by atoms with van der Waals surface area (Å²) in [4.78, 5) is 19.5. The van der Waals surface area contributed by atoms with Crippen LogP contribution in [0.1, 0.15) is 26.3 Å². The Hall–Kier alpha value is -1.89. The first-order valence-corrected chi connectivity index (χ1v) is 6.92.